The van der Waals surface area contributed by atoms with Crippen LogP contribution in [0, 0.1) is 0 Å². The second-order valence-electron chi connectivity index (χ2n) is 5.51. The molecule has 0 unspecified atom stereocenters. The second-order valence-corrected chi connectivity index (χ2v) is 5.51. The highest BCUT2D eigenvalue weighted by Gasteiger charge is 2.11. The van der Waals surface area contributed by atoms with E-state index in [1.165, 1.54) is 18.8 Å². The molecule has 130 valence electrons. The minimum Gasteiger partial charge on any atom is -0.497 e. The topological polar surface area (TPSA) is 82.7 Å². The number of rotatable bonds is 5. The van der Waals surface area contributed by atoms with Crippen molar-refractivity contribution in [2.75, 3.05) is 14.2 Å². The van der Waals surface area contributed by atoms with Gasteiger partial charge >= 0.3 is 5.76 Å². The Morgan fingerprint density at radius 1 is 1.12 bits per heavy atom. The van der Waals surface area contributed by atoms with E-state index in [2.05, 4.69) is 5.32 Å². The summed E-state index contributed by atoms with van der Waals surface area (Å²) >= 11 is 0. The number of nitrogens with zero attached hydrogens (tertiary/aromatic N) is 1. The lowest BCUT2D eigenvalue weighted by Crippen LogP contribution is -2.22. The van der Waals surface area contributed by atoms with Gasteiger partial charge in [0, 0.05) is 25.2 Å². The Morgan fingerprint density at radius 3 is 2.44 bits per heavy atom. The predicted octanol–water partition coefficient (Wildman–Crippen LogP) is 2.08. The summed E-state index contributed by atoms with van der Waals surface area (Å²) in [4.78, 5) is 23.9. The summed E-state index contributed by atoms with van der Waals surface area (Å²) in [7, 11) is 4.70. The first-order valence-corrected chi connectivity index (χ1v) is 7.61. The molecule has 0 aliphatic heterocycles. The molecule has 7 nitrogen and oxygen atoms in total. The lowest BCUT2D eigenvalue weighted by Gasteiger charge is -2.09. The normalized spacial score (nSPS) is 10.7. The zero-order valence-corrected chi connectivity index (χ0v) is 14.2. The highest BCUT2D eigenvalue weighted by molar-refractivity contribution is 5.95. The van der Waals surface area contributed by atoms with Gasteiger partial charge in [-0.25, -0.2) is 4.79 Å². The van der Waals surface area contributed by atoms with Gasteiger partial charge in [0.25, 0.3) is 5.91 Å². The van der Waals surface area contributed by atoms with Gasteiger partial charge in [0.2, 0.25) is 0 Å². The van der Waals surface area contributed by atoms with Crippen molar-refractivity contribution < 1.29 is 18.7 Å². The van der Waals surface area contributed by atoms with E-state index < -0.39 is 5.76 Å². The molecule has 0 atom stereocenters. The van der Waals surface area contributed by atoms with E-state index in [1.54, 1.807) is 37.4 Å². The summed E-state index contributed by atoms with van der Waals surface area (Å²) < 4.78 is 16.9. The molecule has 1 aromatic heterocycles. The molecule has 0 spiro atoms. The Hall–Kier alpha value is -3.22. The summed E-state index contributed by atoms with van der Waals surface area (Å²) in [6, 6.07) is 10.3. The van der Waals surface area contributed by atoms with Crippen LogP contribution in [0.4, 0.5) is 0 Å². The maximum absolute atomic E-state index is 12.4. The highest BCUT2D eigenvalue weighted by Crippen LogP contribution is 2.22. The van der Waals surface area contributed by atoms with Crippen molar-refractivity contribution in [3.05, 3.63) is 58.1 Å². The first-order valence-electron chi connectivity index (χ1n) is 7.61. The molecule has 1 amide bonds. The number of ether oxygens (including phenoxy) is 2. The molecule has 3 rings (SSSR count). The van der Waals surface area contributed by atoms with Crippen LogP contribution in [0.25, 0.3) is 11.1 Å². The third-order valence-corrected chi connectivity index (χ3v) is 3.92. The van der Waals surface area contributed by atoms with Gasteiger partial charge in [0.15, 0.2) is 5.58 Å². The minimum absolute atomic E-state index is 0.252. The molecular weight excluding hydrogens is 324 g/mol. The fourth-order valence-corrected chi connectivity index (χ4v) is 2.51. The van der Waals surface area contributed by atoms with Crippen LogP contribution in [0.5, 0.6) is 11.5 Å². The Morgan fingerprint density at radius 2 is 1.80 bits per heavy atom. The molecule has 7 heteroatoms. The average molecular weight is 342 g/mol. The van der Waals surface area contributed by atoms with E-state index in [0.29, 0.717) is 34.7 Å². The number of carbonyl (C=O) groups excluding carboxylic acids is 1. The lowest BCUT2D eigenvalue weighted by molar-refractivity contribution is 0.0950. The van der Waals surface area contributed by atoms with Crippen molar-refractivity contribution in [2.45, 2.75) is 6.54 Å². The SMILES string of the molecule is COc1cc(OC)cc(C(=O)NCc2ccc3oc(=O)n(C)c3c2)c1. The Balaban J connectivity index is 1.78. The van der Waals surface area contributed by atoms with Crippen LogP contribution in [0.3, 0.4) is 0 Å². The van der Waals surface area contributed by atoms with E-state index in [9.17, 15) is 9.59 Å². The Kier molecular flexibility index (Phi) is 4.47. The number of hydrogen-bond donors (Lipinski definition) is 1. The number of aryl methyl sites for hydroxylation is 1. The van der Waals surface area contributed by atoms with Gasteiger partial charge in [-0.15, -0.1) is 0 Å². The number of hydrogen-bond acceptors (Lipinski definition) is 5. The first kappa shape index (κ1) is 16.6. The zero-order chi connectivity index (χ0) is 18.0. The van der Waals surface area contributed by atoms with E-state index in [4.69, 9.17) is 13.9 Å². The quantitative estimate of drug-likeness (QED) is 0.767. The van der Waals surface area contributed by atoms with Gasteiger partial charge in [-0.1, -0.05) is 6.07 Å². The van der Waals surface area contributed by atoms with Crippen molar-refractivity contribution >= 4 is 17.0 Å². The number of aromatic nitrogens is 1. The third-order valence-electron chi connectivity index (χ3n) is 3.92. The molecular formula is C18H18N2O5. The van der Waals surface area contributed by atoms with Crippen LogP contribution in [0.15, 0.2) is 45.6 Å². The Labute approximate surface area is 143 Å². The van der Waals surface area contributed by atoms with Crippen LogP contribution < -0.4 is 20.5 Å². The number of benzene rings is 2. The summed E-state index contributed by atoms with van der Waals surface area (Å²) in [5.74, 6) is 0.414. The maximum atomic E-state index is 12.4. The number of oxazole rings is 1. The molecule has 0 radical (unpaired) electrons. The number of methoxy groups -OCH3 is 2. The van der Waals surface area contributed by atoms with Gasteiger partial charge in [-0.2, -0.15) is 0 Å². The Bertz CT molecular complexity index is 965. The van der Waals surface area contributed by atoms with Gasteiger partial charge in [-0.05, 0) is 29.8 Å². The predicted molar refractivity (Wildman–Crippen MR) is 92.2 cm³/mol. The van der Waals surface area contributed by atoms with E-state index in [0.717, 1.165) is 5.56 Å². The van der Waals surface area contributed by atoms with E-state index in [1.807, 2.05) is 6.07 Å². The fourth-order valence-electron chi connectivity index (χ4n) is 2.51. The molecule has 0 bridgehead atoms. The van der Waals surface area contributed by atoms with Gasteiger partial charge in [0.05, 0.1) is 19.7 Å². The molecule has 0 aliphatic carbocycles. The summed E-state index contributed by atoms with van der Waals surface area (Å²) in [6.07, 6.45) is 0. The molecule has 0 saturated carbocycles. The van der Waals surface area contributed by atoms with Crippen LogP contribution >= 0.6 is 0 Å². The molecule has 0 aliphatic rings. The summed E-state index contributed by atoms with van der Waals surface area (Å²) in [5, 5.41) is 2.84. The zero-order valence-electron chi connectivity index (χ0n) is 14.2. The fraction of sp³-hybridized carbons (Fsp3) is 0.222. The number of nitrogens with one attached hydrogen (secondary N) is 1. The maximum Gasteiger partial charge on any atom is 0.419 e. The van der Waals surface area contributed by atoms with Crippen LogP contribution in [-0.4, -0.2) is 24.7 Å². The monoisotopic (exact) mass is 342 g/mol. The average Bonchev–Trinajstić information content (AvgIpc) is 2.93. The van der Waals surface area contributed by atoms with Crippen molar-refractivity contribution in [1.82, 2.24) is 9.88 Å². The second kappa shape index (κ2) is 6.72. The summed E-state index contributed by atoms with van der Waals surface area (Å²) in [5.41, 5.74) is 2.49. The molecule has 0 saturated heterocycles. The molecule has 1 N–H and O–H groups in total. The molecule has 2 aromatic carbocycles. The van der Waals surface area contributed by atoms with Gasteiger partial charge in [0.1, 0.15) is 11.5 Å². The van der Waals surface area contributed by atoms with Crippen molar-refractivity contribution in [1.29, 1.82) is 0 Å². The number of fused-ring (bicyclic) bond motifs is 1. The summed E-state index contributed by atoms with van der Waals surface area (Å²) in [6.45, 7) is 0.313. The van der Waals surface area contributed by atoms with Crippen LogP contribution in [-0.2, 0) is 13.6 Å². The molecule has 1 heterocycles. The van der Waals surface area contributed by atoms with Crippen LogP contribution in [0.1, 0.15) is 15.9 Å². The van der Waals surface area contributed by atoms with Crippen molar-refractivity contribution in [3.63, 3.8) is 0 Å². The molecule has 25 heavy (non-hydrogen) atoms. The van der Waals surface area contributed by atoms with Gasteiger partial charge < -0.3 is 19.2 Å². The van der Waals surface area contributed by atoms with Crippen molar-refractivity contribution in [3.8, 4) is 11.5 Å². The largest absolute Gasteiger partial charge is 0.497 e. The van der Waals surface area contributed by atoms with Gasteiger partial charge in [-0.3, -0.25) is 9.36 Å². The highest BCUT2D eigenvalue weighted by atomic mass is 16.5. The number of amides is 1. The first-order chi connectivity index (χ1) is 12.0. The smallest absolute Gasteiger partial charge is 0.419 e. The number of carbonyl (C=O) groups is 1. The lowest BCUT2D eigenvalue weighted by atomic mass is 10.1. The van der Waals surface area contributed by atoms with Crippen LogP contribution in [0.2, 0.25) is 0 Å². The van der Waals surface area contributed by atoms with E-state index >= 15 is 0 Å². The van der Waals surface area contributed by atoms with E-state index in [-0.39, 0.29) is 5.91 Å². The van der Waals surface area contributed by atoms with Crippen molar-refractivity contribution in [2.24, 2.45) is 7.05 Å². The standard InChI is InChI=1S/C18H18N2O5/c1-20-15-6-11(4-5-16(15)25-18(20)22)10-19-17(21)12-7-13(23-2)9-14(8-12)24-3/h4-9H,10H2,1-3H3,(H,19,21). The third kappa shape index (κ3) is 3.35. The minimum atomic E-state index is -0.417. The molecule has 3 aromatic rings. The molecule has 0 fully saturated rings.